The molecule has 0 atom stereocenters. The van der Waals surface area contributed by atoms with Crippen LogP contribution in [0, 0.1) is 11.6 Å². The first-order valence-corrected chi connectivity index (χ1v) is 5.35. The number of nitrogens with zero attached hydrogens (tertiary/aromatic N) is 1. The van der Waals surface area contributed by atoms with Gasteiger partial charge in [0, 0.05) is 11.9 Å². The fourth-order valence-corrected chi connectivity index (χ4v) is 1.98. The number of hydrogen-bond acceptors (Lipinski definition) is 1. The molecule has 2 heterocycles. The third-order valence-electron chi connectivity index (χ3n) is 2.82. The van der Waals surface area contributed by atoms with Gasteiger partial charge in [-0.2, -0.15) is 0 Å². The summed E-state index contributed by atoms with van der Waals surface area (Å²) in [5.74, 6) is -1.99. The van der Waals surface area contributed by atoms with Crippen molar-refractivity contribution in [1.29, 1.82) is 0 Å². The predicted octanol–water partition coefficient (Wildman–Crippen LogP) is 1.98. The van der Waals surface area contributed by atoms with Gasteiger partial charge in [-0.3, -0.25) is 4.57 Å². The zero-order valence-corrected chi connectivity index (χ0v) is 9.21. The number of halogens is 2. The van der Waals surface area contributed by atoms with Gasteiger partial charge in [0.2, 0.25) is 0 Å². The Balaban J connectivity index is 2.24. The van der Waals surface area contributed by atoms with E-state index in [4.69, 9.17) is 0 Å². The molecule has 0 bridgehead atoms. The van der Waals surface area contributed by atoms with E-state index >= 15 is 0 Å². The number of fused-ring (bicyclic) bond motifs is 1. The van der Waals surface area contributed by atoms with Gasteiger partial charge < -0.3 is 9.97 Å². The third-order valence-corrected chi connectivity index (χ3v) is 2.82. The van der Waals surface area contributed by atoms with E-state index in [0.29, 0.717) is 0 Å². The Hall–Kier alpha value is -2.37. The van der Waals surface area contributed by atoms with Crippen molar-refractivity contribution in [3.63, 3.8) is 0 Å². The minimum Gasteiger partial charge on any atom is -0.364 e. The van der Waals surface area contributed by atoms with Crippen LogP contribution in [0.15, 0.2) is 35.3 Å². The summed E-state index contributed by atoms with van der Waals surface area (Å²) in [5, 5.41) is 0. The van der Waals surface area contributed by atoms with E-state index in [-0.39, 0.29) is 17.6 Å². The molecule has 0 unspecified atom stereocenters. The Bertz CT molecular complexity index is 756. The average Bonchev–Trinajstić information content (AvgIpc) is 2.94. The summed E-state index contributed by atoms with van der Waals surface area (Å²) in [5.41, 5.74) is 0.505. The van der Waals surface area contributed by atoms with Gasteiger partial charge in [0.15, 0.2) is 11.6 Å². The van der Waals surface area contributed by atoms with Crippen LogP contribution in [0.2, 0.25) is 0 Å². The van der Waals surface area contributed by atoms with E-state index in [1.54, 1.807) is 18.3 Å². The van der Waals surface area contributed by atoms with Crippen LogP contribution in [0.1, 0.15) is 5.69 Å². The molecule has 18 heavy (non-hydrogen) atoms. The van der Waals surface area contributed by atoms with Crippen molar-refractivity contribution >= 4 is 11.0 Å². The third kappa shape index (κ3) is 1.54. The van der Waals surface area contributed by atoms with Gasteiger partial charge in [-0.25, -0.2) is 13.6 Å². The van der Waals surface area contributed by atoms with E-state index < -0.39 is 17.3 Å². The Morgan fingerprint density at radius 1 is 1.22 bits per heavy atom. The smallest absolute Gasteiger partial charge is 0.326 e. The molecule has 0 aliphatic carbocycles. The molecule has 3 aromatic rings. The van der Waals surface area contributed by atoms with Crippen LogP contribution in [0.4, 0.5) is 8.78 Å². The second-order valence-electron chi connectivity index (χ2n) is 3.97. The van der Waals surface area contributed by atoms with Gasteiger partial charge in [-0.05, 0) is 24.3 Å². The molecule has 2 N–H and O–H groups in total. The van der Waals surface area contributed by atoms with Crippen LogP contribution >= 0.6 is 0 Å². The molecule has 2 aromatic heterocycles. The summed E-state index contributed by atoms with van der Waals surface area (Å²) in [6, 6.07) is 5.88. The van der Waals surface area contributed by atoms with Crippen LogP contribution in [0.25, 0.3) is 11.0 Å². The summed E-state index contributed by atoms with van der Waals surface area (Å²) in [6.07, 6.45) is 1.70. The van der Waals surface area contributed by atoms with Crippen LogP contribution < -0.4 is 5.69 Å². The first-order valence-electron chi connectivity index (χ1n) is 5.35. The molecule has 0 fully saturated rings. The van der Waals surface area contributed by atoms with E-state index in [1.165, 1.54) is 10.6 Å². The molecule has 1 aromatic carbocycles. The van der Waals surface area contributed by atoms with Crippen molar-refractivity contribution in [2.45, 2.75) is 6.54 Å². The molecule has 0 saturated heterocycles. The fraction of sp³-hybridized carbons (Fsp3) is 0.0833. The molecule has 0 aliphatic rings. The van der Waals surface area contributed by atoms with Gasteiger partial charge in [0.25, 0.3) is 0 Å². The standard InChI is InChI=1S/C12H9F2N3O/c13-8-3-4-9-11(10(8)14)17(12(18)16-9)6-7-2-1-5-15-7/h1-5,15H,6H2,(H,16,18). The minimum atomic E-state index is -1.02. The monoisotopic (exact) mass is 249 g/mol. The highest BCUT2D eigenvalue weighted by atomic mass is 19.2. The molecule has 3 rings (SSSR count). The number of imidazole rings is 1. The summed E-state index contributed by atoms with van der Waals surface area (Å²) < 4.78 is 28.1. The topological polar surface area (TPSA) is 53.6 Å². The molecule has 0 saturated carbocycles. The summed E-state index contributed by atoms with van der Waals surface area (Å²) in [7, 11) is 0. The fourth-order valence-electron chi connectivity index (χ4n) is 1.98. The first-order chi connectivity index (χ1) is 8.66. The average molecular weight is 249 g/mol. The highest BCUT2D eigenvalue weighted by Crippen LogP contribution is 2.18. The van der Waals surface area contributed by atoms with Crippen molar-refractivity contribution in [3.8, 4) is 0 Å². The van der Waals surface area contributed by atoms with Crippen LogP contribution in [-0.4, -0.2) is 14.5 Å². The summed E-state index contributed by atoms with van der Waals surface area (Å²) in [6.45, 7) is 0.159. The van der Waals surface area contributed by atoms with E-state index in [2.05, 4.69) is 9.97 Å². The zero-order chi connectivity index (χ0) is 12.7. The maximum atomic E-state index is 13.7. The quantitative estimate of drug-likeness (QED) is 0.717. The number of H-pyrrole nitrogens is 2. The maximum Gasteiger partial charge on any atom is 0.326 e. The van der Waals surface area contributed by atoms with E-state index in [0.717, 1.165) is 11.8 Å². The van der Waals surface area contributed by atoms with Crippen LogP contribution in [-0.2, 0) is 6.54 Å². The first kappa shape index (κ1) is 10.8. The Kier molecular flexibility index (Phi) is 2.29. The van der Waals surface area contributed by atoms with E-state index in [1.807, 2.05) is 0 Å². The van der Waals surface area contributed by atoms with E-state index in [9.17, 15) is 13.6 Å². The second-order valence-corrected chi connectivity index (χ2v) is 3.97. The van der Waals surface area contributed by atoms with Crippen molar-refractivity contribution < 1.29 is 8.78 Å². The number of benzene rings is 1. The summed E-state index contributed by atoms with van der Waals surface area (Å²) in [4.78, 5) is 17.1. The lowest BCUT2D eigenvalue weighted by Gasteiger charge is -2.02. The van der Waals surface area contributed by atoms with Crippen molar-refractivity contribution in [3.05, 3.63) is 58.3 Å². The molecular formula is C12H9F2N3O. The Labute approximate surface area is 99.9 Å². The van der Waals surface area contributed by atoms with Gasteiger partial charge >= 0.3 is 5.69 Å². The lowest BCUT2D eigenvalue weighted by Crippen LogP contribution is -2.18. The lowest BCUT2D eigenvalue weighted by molar-refractivity contribution is 0.512. The number of rotatable bonds is 2. The molecule has 4 nitrogen and oxygen atoms in total. The normalized spacial score (nSPS) is 11.2. The number of hydrogen-bond donors (Lipinski definition) is 2. The van der Waals surface area contributed by atoms with Gasteiger partial charge in [-0.1, -0.05) is 0 Å². The van der Waals surface area contributed by atoms with Crippen molar-refractivity contribution in [2.75, 3.05) is 0 Å². The number of nitrogens with one attached hydrogen (secondary N) is 2. The molecule has 0 amide bonds. The number of aromatic amines is 2. The highest BCUT2D eigenvalue weighted by Gasteiger charge is 2.15. The molecule has 0 aliphatic heterocycles. The largest absolute Gasteiger partial charge is 0.364 e. The lowest BCUT2D eigenvalue weighted by atomic mass is 10.3. The van der Waals surface area contributed by atoms with Gasteiger partial charge in [0.05, 0.1) is 12.1 Å². The Morgan fingerprint density at radius 2 is 2.06 bits per heavy atom. The van der Waals surface area contributed by atoms with Gasteiger partial charge in [0.1, 0.15) is 5.52 Å². The second kappa shape index (κ2) is 3.83. The molecule has 6 heteroatoms. The highest BCUT2D eigenvalue weighted by molar-refractivity contribution is 5.76. The maximum absolute atomic E-state index is 13.7. The predicted molar refractivity (Wildman–Crippen MR) is 62.4 cm³/mol. The molecule has 92 valence electrons. The van der Waals surface area contributed by atoms with Crippen molar-refractivity contribution in [2.24, 2.45) is 0 Å². The van der Waals surface area contributed by atoms with Gasteiger partial charge in [-0.15, -0.1) is 0 Å². The Morgan fingerprint density at radius 3 is 2.78 bits per heavy atom. The molecule has 0 radical (unpaired) electrons. The summed E-state index contributed by atoms with van der Waals surface area (Å²) >= 11 is 0. The zero-order valence-electron chi connectivity index (χ0n) is 9.21. The van der Waals surface area contributed by atoms with Crippen LogP contribution in [0.5, 0.6) is 0 Å². The minimum absolute atomic E-state index is 0.0467. The molecular weight excluding hydrogens is 240 g/mol. The van der Waals surface area contributed by atoms with Crippen molar-refractivity contribution in [1.82, 2.24) is 14.5 Å². The number of aromatic nitrogens is 3. The molecule has 0 spiro atoms. The SMILES string of the molecule is O=c1[nH]c2ccc(F)c(F)c2n1Cc1ccc[nH]1. The van der Waals surface area contributed by atoms with Crippen LogP contribution in [0.3, 0.4) is 0 Å².